The van der Waals surface area contributed by atoms with Gasteiger partial charge in [-0.25, -0.2) is 4.39 Å². The van der Waals surface area contributed by atoms with Crippen LogP contribution in [0.25, 0.3) is 11.1 Å². The van der Waals surface area contributed by atoms with Crippen LogP contribution in [0.4, 0.5) is 15.8 Å². The predicted octanol–water partition coefficient (Wildman–Crippen LogP) is 3.59. The molecule has 0 saturated heterocycles. The molecule has 1 aliphatic carbocycles. The molecule has 3 aromatic rings. The Hall–Kier alpha value is -4.20. The molecule has 0 unspecified atom stereocenters. The largest absolute Gasteiger partial charge is 0.366 e. The molecule has 5 N–H and O–H groups in total. The van der Waals surface area contributed by atoms with Crippen LogP contribution in [0.1, 0.15) is 56.1 Å². The summed E-state index contributed by atoms with van der Waals surface area (Å²) in [6.07, 6.45) is 2.00. The van der Waals surface area contributed by atoms with E-state index in [1.165, 1.54) is 29.2 Å². The van der Waals surface area contributed by atoms with E-state index in [1.807, 2.05) is 0 Å². The van der Waals surface area contributed by atoms with Crippen LogP contribution in [0.2, 0.25) is 0 Å². The lowest BCUT2D eigenvalue weighted by atomic mass is 9.85. The monoisotopic (exact) mass is 444 g/mol. The highest BCUT2D eigenvalue weighted by molar-refractivity contribution is 6.40. The third-order valence-corrected chi connectivity index (χ3v) is 6.29. The summed E-state index contributed by atoms with van der Waals surface area (Å²) in [5.41, 5.74) is 16.8. The van der Waals surface area contributed by atoms with Crippen LogP contribution in [-0.4, -0.2) is 22.7 Å². The van der Waals surface area contributed by atoms with E-state index in [2.05, 4.69) is 4.98 Å². The second-order valence-corrected chi connectivity index (χ2v) is 8.26. The molecule has 2 heterocycles. The van der Waals surface area contributed by atoms with Gasteiger partial charge in [-0.2, -0.15) is 0 Å². The molecular formula is C25H21FN4O3. The topological polar surface area (TPSA) is 122 Å². The van der Waals surface area contributed by atoms with Gasteiger partial charge in [-0.1, -0.05) is 0 Å². The molecule has 2 aliphatic rings. The van der Waals surface area contributed by atoms with E-state index >= 15 is 0 Å². The molecule has 1 aromatic heterocycles. The number of benzene rings is 2. The molecule has 0 spiro atoms. The fourth-order valence-electron chi connectivity index (χ4n) is 4.89. The third-order valence-electron chi connectivity index (χ3n) is 6.29. The maximum Gasteiger partial charge on any atom is 0.263 e. The Morgan fingerprint density at radius 2 is 1.76 bits per heavy atom. The van der Waals surface area contributed by atoms with Crippen molar-refractivity contribution < 1.29 is 18.8 Å². The van der Waals surface area contributed by atoms with Crippen LogP contribution >= 0.6 is 0 Å². The highest BCUT2D eigenvalue weighted by atomic mass is 19.1. The maximum atomic E-state index is 13.8. The van der Waals surface area contributed by atoms with Gasteiger partial charge in [0, 0.05) is 28.2 Å². The molecule has 1 aliphatic heterocycles. The first-order valence-corrected chi connectivity index (χ1v) is 10.6. The number of aromatic amines is 1. The quantitative estimate of drug-likeness (QED) is 0.535. The van der Waals surface area contributed by atoms with E-state index in [-0.39, 0.29) is 11.5 Å². The van der Waals surface area contributed by atoms with Crippen LogP contribution in [0.5, 0.6) is 0 Å². The zero-order chi connectivity index (χ0) is 23.4. The number of carbonyl (C=O) groups excluding carboxylic acids is 3. The minimum Gasteiger partial charge on any atom is -0.366 e. The Bertz CT molecular complexity index is 1390. The first-order chi connectivity index (χ1) is 15.8. The van der Waals surface area contributed by atoms with Crippen LogP contribution in [0.15, 0.2) is 42.5 Å². The Morgan fingerprint density at radius 3 is 2.42 bits per heavy atom. The van der Waals surface area contributed by atoms with Crippen LogP contribution in [-0.2, 0) is 11.2 Å². The number of rotatable bonds is 3. The summed E-state index contributed by atoms with van der Waals surface area (Å²) in [4.78, 5) is 42.5. The Morgan fingerprint density at radius 1 is 1.03 bits per heavy atom. The molecule has 166 valence electrons. The minimum absolute atomic E-state index is 0.275. The van der Waals surface area contributed by atoms with Crippen molar-refractivity contribution in [2.45, 2.75) is 26.2 Å². The lowest BCUT2D eigenvalue weighted by Crippen LogP contribution is -2.21. The number of hydrogen-bond acceptors (Lipinski definition) is 3. The van der Waals surface area contributed by atoms with Crippen LogP contribution < -0.4 is 16.4 Å². The van der Waals surface area contributed by atoms with E-state index in [4.69, 9.17) is 11.5 Å². The molecule has 0 atom stereocenters. The summed E-state index contributed by atoms with van der Waals surface area (Å²) in [6.45, 7) is 1.78. The van der Waals surface area contributed by atoms with Crippen molar-refractivity contribution in [2.75, 3.05) is 4.90 Å². The normalized spacial score (nSPS) is 17.2. The average molecular weight is 444 g/mol. The molecule has 0 fully saturated rings. The number of fused-ring (bicyclic) bond motifs is 2. The first-order valence-electron chi connectivity index (χ1n) is 10.6. The first kappa shape index (κ1) is 20.7. The predicted molar refractivity (Wildman–Crippen MR) is 122 cm³/mol. The van der Waals surface area contributed by atoms with E-state index in [1.54, 1.807) is 25.1 Å². The van der Waals surface area contributed by atoms with Crippen molar-refractivity contribution >= 4 is 40.2 Å². The van der Waals surface area contributed by atoms with Crippen molar-refractivity contribution in [3.63, 3.8) is 0 Å². The highest BCUT2D eigenvalue weighted by Gasteiger charge is 2.38. The van der Waals surface area contributed by atoms with Gasteiger partial charge in [-0.15, -0.1) is 0 Å². The molecule has 5 rings (SSSR count). The summed E-state index contributed by atoms with van der Waals surface area (Å²) in [5, 5.41) is 0. The fourth-order valence-corrected chi connectivity index (χ4v) is 4.89. The summed E-state index contributed by atoms with van der Waals surface area (Å²) in [7, 11) is 0. The zero-order valence-electron chi connectivity index (χ0n) is 17.9. The number of allylic oxidation sites excluding steroid dienone is 1. The number of nitrogens with zero attached hydrogens (tertiary/aromatic N) is 1. The number of aryl methyl sites for hydroxylation is 1. The SMILES string of the molecule is Cc1[nH]c2c(c1C(N)=O)CCC/C2=C1/C(=O)N(c2ccc(F)cc2)c2ccc(C(N)=O)cc21. The second-order valence-electron chi connectivity index (χ2n) is 8.26. The van der Waals surface area contributed by atoms with Crippen LogP contribution in [0, 0.1) is 12.7 Å². The fraction of sp³-hybridized carbons (Fsp3) is 0.160. The Kier molecular flexibility index (Phi) is 4.67. The van der Waals surface area contributed by atoms with Gasteiger partial charge in [-0.3, -0.25) is 19.3 Å². The highest BCUT2D eigenvalue weighted by Crippen LogP contribution is 2.47. The minimum atomic E-state index is -0.606. The summed E-state index contributed by atoms with van der Waals surface area (Å²) >= 11 is 0. The second kappa shape index (κ2) is 7.44. The standard InChI is InChI=1S/C25H21FN4O3/c1-12-20(24(28)32)16-3-2-4-17(22(16)29-12)21-18-11-13(23(27)31)5-10-19(18)30(25(21)33)15-8-6-14(26)7-9-15/h5-11,29H,2-4H2,1H3,(H2,27,31)(H2,28,32)/b21-17-. The van der Waals surface area contributed by atoms with E-state index in [0.29, 0.717) is 52.3 Å². The van der Waals surface area contributed by atoms with Gasteiger partial charge in [0.2, 0.25) is 5.91 Å². The number of nitrogens with two attached hydrogens (primary N) is 2. The smallest absolute Gasteiger partial charge is 0.263 e. The molecular weight excluding hydrogens is 423 g/mol. The van der Waals surface area contributed by atoms with Crippen molar-refractivity contribution in [1.29, 1.82) is 0 Å². The summed E-state index contributed by atoms with van der Waals surface area (Å²) in [6, 6.07) is 10.5. The van der Waals surface area contributed by atoms with Crippen molar-refractivity contribution in [2.24, 2.45) is 11.5 Å². The number of aromatic nitrogens is 1. The number of primary amides is 2. The van der Waals surface area contributed by atoms with Gasteiger partial charge in [-0.05, 0) is 79.8 Å². The number of H-pyrrole nitrogens is 1. The Balaban J connectivity index is 1.78. The third kappa shape index (κ3) is 3.14. The number of nitrogens with one attached hydrogen (secondary N) is 1. The molecule has 3 amide bonds. The van der Waals surface area contributed by atoms with Gasteiger partial charge in [0.15, 0.2) is 0 Å². The van der Waals surface area contributed by atoms with Crippen molar-refractivity contribution in [1.82, 2.24) is 4.98 Å². The van der Waals surface area contributed by atoms with Crippen LogP contribution in [0.3, 0.4) is 0 Å². The van der Waals surface area contributed by atoms with Gasteiger partial charge in [0.25, 0.3) is 11.8 Å². The van der Waals surface area contributed by atoms with Gasteiger partial charge in [0.05, 0.1) is 16.8 Å². The van der Waals surface area contributed by atoms with Crippen molar-refractivity contribution in [3.8, 4) is 0 Å². The summed E-state index contributed by atoms with van der Waals surface area (Å²) in [5.74, 6) is -1.83. The number of anilines is 2. The molecule has 8 heteroatoms. The molecule has 0 radical (unpaired) electrons. The van der Waals surface area contributed by atoms with Gasteiger partial charge < -0.3 is 16.5 Å². The average Bonchev–Trinajstić information content (AvgIpc) is 3.26. The number of halogens is 1. The van der Waals surface area contributed by atoms with Gasteiger partial charge >= 0.3 is 0 Å². The number of carbonyl (C=O) groups is 3. The summed E-state index contributed by atoms with van der Waals surface area (Å²) < 4.78 is 13.5. The zero-order valence-corrected chi connectivity index (χ0v) is 17.9. The maximum absolute atomic E-state index is 13.8. The lowest BCUT2D eigenvalue weighted by molar-refractivity contribution is -0.112. The molecule has 7 nitrogen and oxygen atoms in total. The molecule has 0 bridgehead atoms. The molecule has 2 aromatic carbocycles. The van der Waals surface area contributed by atoms with E-state index < -0.39 is 17.6 Å². The molecule has 0 saturated carbocycles. The lowest BCUT2D eigenvalue weighted by Gasteiger charge is -2.19. The Labute approximate surface area is 188 Å². The van der Waals surface area contributed by atoms with E-state index in [9.17, 15) is 18.8 Å². The van der Waals surface area contributed by atoms with Crippen molar-refractivity contribution in [3.05, 3.63) is 81.9 Å². The molecule has 33 heavy (non-hydrogen) atoms. The van der Waals surface area contributed by atoms with Gasteiger partial charge in [0.1, 0.15) is 5.82 Å². The number of amides is 3. The van der Waals surface area contributed by atoms with E-state index in [0.717, 1.165) is 17.6 Å². The number of hydrogen-bond donors (Lipinski definition) is 3.